The molecule has 27 heavy (non-hydrogen) atoms. The lowest BCUT2D eigenvalue weighted by Gasteiger charge is -2.35. The van der Waals surface area contributed by atoms with Gasteiger partial charge in [0, 0.05) is 13.1 Å². The smallest absolute Gasteiger partial charge is 0.280 e. The predicted octanol–water partition coefficient (Wildman–Crippen LogP) is 0.710. The van der Waals surface area contributed by atoms with Gasteiger partial charge in [0.15, 0.2) is 6.04 Å². The third-order valence-electron chi connectivity index (χ3n) is 5.95. The Hall–Kier alpha value is -1.44. The van der Waals surface area contributed by atoms with Gasteiger partial charge in [-0.2, -0.15) is 4.31 Å². The molecule has 1 aromatic carbocycles. The molecular weight excluding hydrogens is 362 g/mol. The van der Waals surface area contributed by atoms with Gasteiger partial charge in [0.05, 0.1) is 31.1 Å². The van der Waals surface area contributed by atoms with Gasteiger partial charge >= 0.3 is 0 Å². The second kappa shape index (κ2) is 8.29. The van der Waals surface area contributed by atoms with E-state index in [-0.39, 0.29) is 11.9 Å². The Labute approximate surface area is 163 Å². The minimum Gasteiger partial charge on any atom is -0.338 e. The van der Waals surface area contributed by atoms with Gasteiger partial charge in [-0.3, -0.25) is 4.79 Å². The van der Waals surface area contributed by atoms with E-state index in [1.165, 1.54) is 4.90 Å². The lowest BCUT2D eigenvalue weighted by molar-refractivity contribution is -0.918. The normalized spacial score (nSPS) is 21.0. The molecule has 0 bridgehead atoms. The van der Waals surface area contributed by atoms with Crippen LogP contribution in [-0.2, 0) is 14.8 Å². The number of carbonyl (C=O) groups is 1. The fourth-order valence-electron chi connectivity index (χ4n) is 4.01. The van der Waals surface area contributed by atoms with Gasteiger partial charge in [0.2, 0.25) is 10.0 Å². The summed E-state index contributed by atoms with van der Waals surface area (Å²) in [6.07, 6.45) is 2.19. The van der Waals surface area contributed by atoms with Gasteiger partial charge in [-0.05, 0) is 43.4 Å². The first-order valence-corrected chi connectivity index (χ1v) is 11.5. The molecule has 1 amide bonds. The van der Waals surface area contributed by atoms with Crippen LogP contribution in [0, 0.1) is 0 Å². The van der Waals surface area contributed by atoms with Gasteiger partial charge in [0.1, 0.15) is 0 Å². The highest BCUT2D eigenvalue weighted by Crippen LogP contribution is 2.20. The molecule has 3 rings (SSSR count). The fraction of sp³-hybridized carbons (Fsp3) is 0.650. The van der Waals surface area contributed by atoms with E-state index in [2.05, 4.69) is 13.8 Å². The number of nitrogens with one attached hydrogen (secondary N) is 1. The maximum atomic E-state index is 12.9. The average Bonchev–Trinajstić information content (AvgIpc) is 3.21. The fourth-order valence-corrected chi connectivity index (χ4v) is 5.45. The Morgan fingerprint density at radius 1 is 0.963 bits per heavy atom. The molecule has 0 saturated carbocycles. The average molecular weight is 395 g/mol. The van der Waals surface area contributed by atoms with E-state index < -0.39 is 10.0 Å². The van der Waals surface area contributed by atoms with Gasteiger partial charge in [-0.25, -0.2) is 8.42 Å². The van der Waals surface area contributed by atoms with E-state index in [0.717, 1.165) is 31.5 Å². The first-order chi connectivity index (χ1) is 12.8. The Morgan fingerprint density at radius 2 is 1.52 bits per heavy atom. The van der Waals surface area contributed by atoms with Crippen LogP contribution in [0.25, 0.3) is 0 Å². The summed E-state index contributed by atoms with van der Waals surface area (Å²) < 4.78 is 27.4. The standard InChI is InChI=1S/C20H31N3O3S/c1-16(2)18-6-8-19(9-7-18)27(25,26)23-14-12-21(13-15-23)17(3)20(24)22-10-4-5-11-22/h6-9,16-17H,4-5,10-15H2,1-3H3/p+1/t17-/m0/s1. The molecule has 2 saturated heterocycles. The number of piperazine rings is 1. The van der Waals surface area contributed by atoms with Crippen LogP contribution < -0.4 is 4.90 Å². The van der Waals surface area contributed by atoms with Gasteiger partial charge in [-0.1, -0.05) is 26.0 Å². The van der Waals surface area contributed by atoms with Crippen molar-refractivity contribution < 1.29 is 18.1 Å². The molecule has 6 nitrogen and oxygen atoms in total. The molecule has 2 aliphatic heterocycles. The number of amides is 1. The number of quaternary nitrogens is 1. The quantitative estimate of drug-likeness (QED) is 0.800. The zero-order chi connectivity index (χ0) is 19.6. The Balaban J connectivity index is 1.61. The number of benzene rings is 1. The van der Waals surface area contributed by atoms with Crippen molar-refractivity contribution in [2.75, 3.05) is 39.3 Å². The summed E-state index contributed by atoms with van der Waals surface area (Å²) in [5, 5.41) is 0. The number of carbonyl (C=O) groups excluding carboxylic acids is 1. The minimum absolute atomic E-state index is 0.0988. The Bertz CT molecular complexity index is 747. The highest BCUT2D eigenvalue weighted by atomic mass is 32.2. The molecule has 0 radical (unpaired) electrons. The number of nitrogens with zero attached hydrogens (tertiary/aromatic N) is 2. The van der Waals surface area contributed by atoms with Crippen molar-refractivity contribution in [1.82, 2.24) is 9.21 Å². The molecule has 2 aliphatic rings. The van der Waals surface area contributed by atoms with E-state index in [1.807, 2.05) is 24.0 Å². The third-order valence-corrected chi connectivity index (χ3v) is 7.86. The maximum absolute atomic E-state index is 12.9. The molecule has 7 heteroatoms. The maximum Gasteiger partial charge on any atom is 0.280 e. The van der Waals surface area contributed by atoms with Gasteiger partial charge in [0.25, 0.3) is 5.91 Å². The first-order valence-electron chi connectivity index (χ1n) is 10.0. The largest absolute Gasteiger partial charge is 0.338 e. The molecule has 0 unspecified atom stereocenters. The molecule has 0 aromatic heterocycles. The minimum atomic E-state index is -3.46. The zero-order valence-corrected chi connectivity index (χ0v) is 17.5. The summed E-state index contributed by atoms with van der Waals surface area (Å²) in [6.45, 7) is 10.2. The topological polar surface area (TPSA) is 62.1 Å². The van der Waals surface area contributed by atoms with E-state index in [0.29, 0.717) is 37.0 Å². The molecule has 1 N–H and O–H groups in total. The van der Waals surface area contributed by atoms with Crippen molar-refractivity contribution in [1.29, 1.82) is 0 Å². The van der Waals surface area contributed by atoms with E-state index in [4.69, 9.17) is 0 Å². The summed E-state index contributed by atoms with van der Waals surface area (Å²) in [5.41, 5.74) is 1.14. The van der Waals surface area contributed by atoms with Crippen molar-refractivity contribution in [2.24, 2.45) is 0 Å². The summed E-state index contributed by atoms with van der Waals surface area (Å²) in [7, 11) is -3.46. The zero-order valence-electron chi connectivity index (χ0n) is 16.6. The summed E-state index contributed by atoms with van der Waals surface area (Å²) in [4.78, 5) is 16.1. The monoisotopic (exact) mass is 394 g/mol. The number of sulfonamides is 1. The second-order valence-electron chi connectivity index (χ2n) is 8.04. The third kappa shape index (κ3) is 4.36. The Kier molecular flexibility index (Phi) is 6.23. The molecule has 0 spiro atoms. The lowest BCUT2D eigenvalue weighted by atomic mass is 10.0. The van der Waals surface area contributed by atoms with Crippen molar-refractivity contribution >= 4 is 15.9 Å². The molecule has 1 aromatic rings. The first kappa shape index (κ1) is 20.3. The highest BCUT2D eigenvalue weighted by molar-refractivity contribution is 7.89. The van der Waals surface area contributed by atoms with Crippen molar-refractivity contribution in [3.8, 4) is 0 Å². The van der Waals surface area contributed by atoms with Gasteiger partial charge in [-0.15, -0.1) is 0 Å². The van der Waals surface area contributed by atoms with Crippen LogP contribution in [0.4, 0.5) is 0 Å². The van der Waals surface area contributed by atoms with Crippen LogP contribution in [0.3, 0.4) is 0 Å². The number of hydrogen-bond donors (Lipinski definition) is 1. The molecule has 1 atom stereocenters. The summed E-state index contributed by atoms with van der Waals surface area (Å²) in [6, 6.07) is 7.12. The van der Waals surface area contributed by atoms with Gasteiger partial charge < -0.3 is 9.80 Å². The predicted molar refractivity (Wildman–Crippen MR) is 105 cm³/mol. The van der Waals surface area contributed by atoms with E-state index >= 15 is 0 Å². The van der Waals surface area contributed by atoms with Crippen molar-refractivity contribution in [3.05, 3.63) is 29.8 Å². The Morgan fingerprint density at radius 3 is 2.04 bits per heavy atom. The molecular formula is C20H32N3O3S+. The van der Waals surface area contributed by atoms with Crippen LogP contribution in [-0.4, -0.2) is 68.8 Å². The van der Waals surface area contributed by atoms with Crippen LogP contribution in [0.1, 0.15) is 45.1 Å². The van der Waals surface area contributed by atoms with Crippen LogP contribution >= 0.6 is 0 Å². The number of hydrogen-bond acceptors (Lipinski definition) is 3. The number of rotatable bonds is 5. The second-order valence-corrected chi connectivity index (χ2v) is 9.98. The van der Waals surface area contributed by atoms with Crippen LogP contribution in [0.5, 0.6) is 0 Å². The summed E-state index contributed by atoms with van der Waals surface area (Å²) >= 11 is 0. The van der Waals surface area contributed by atoms with E-state index in [9.17, 15) is 13.2 Å². The summed E-state index contributed by atoms with van der Waals surface area (Å²) in [5.74, 6) is 0.589. The lowest BCUT2D eigenvalue weighted by Crippen LogP contribution is -3.19. The van der Waals surface area contributed by atoms with Crippen LogP contribution in [0.15, 0.2) is 29.2 Å². The molecule has 150 valence electrons. The molecule has 2 heterocycles. The molecule has 0 aliphatic carbocycles. The highest BCUT2D eigenvalue weighted by Gasteiger charge is 2.36. The molecule has 2 fully saturated rings. The number of likely N-dealkylation sites (tertiary alicyclic amines) is 1. The van der Waals surface area contributed by atoms with Crippen molar-refractivity contribution in [3.63, 3.8) is 0 Å². The van der Waals surface area contributed by atoms with E-state index in [1.54, 1.807) is 16.4 Å². The van der Waals surface area contributed by atoms with Crippen molar-refractivity contribution in [2.45, 2.75) is 50.5 Å². The SMILES string of the molecule is CC(C)c1ccc(S(=O)(=O)N2CC[NH+]([C@@H](C)C(=O)N3CCCC3)CC2)cc1. The van der Waals surface area contributed by atoms with Crippen LogP contribution in [0.2, 0.25) is 0 Å².